The van der Waals surface area contributed by atoms with Crippen molar-refractivity contribution in [2.75, 3.05) is 0 Å². The van der Waals surface area contributed by atoms with Crippen LogP contribution in [0.5, 0.6) is 11.5 Å². The molecule has 1 unspecified atom stereocenters. The van der Waals surface area contributed by atoms with Crippen molar-refractivity contribution in [1.82, 2.24) is 0 Å². The van der Waals surface area contributed by atoms with Crippen molar-refractivity contribution in [3.63, 3.8) is 0 Å². The van der Waals surface area contributed by atoms with Crippen LogP contribution >= 0.6 is 0 Å². The molecule has 0 aliphatic heterocycles. The highest BCUT2D eigenvalue weighted by atomic mass is 16.6. The van der Waals surface area contributed by atoms with E-state index in [2.05, 4.69) is 0 Å². The predicted octanol–water partition coefficient (Wildman–Crippen LogP) is 4.41. The van der Waals surface area contributed by atoms with Gasteiger partial charge >= 0.3 is 5.97 Å². The smallest absolute Gasteiger partial charge is 0.314 e. The highest BCUT2D eigenvalue weighted by Crippen LogP contribution is 2.33. The summed E-state index contributed by atoms with van der Waals surface area (Å²) in [6.07, 6.45) is 2.08. The van der Waals surface area contributed by atoms with Gasteiger partial charge in [-0.25, -0.2) is 0 Å². The van der Waals surface area contributed by atoms with E-state index in [4.69, 9.17) is 9.47 Å². The van der Waals surface area contributed by atoms with E-state index in [0.29, 0.717) is 24.3 Å². The van der Waals surface area contributed by atoms with Gasteiger partial charge in [-0.05, 0) is 63.8 Å². The van der Waals surface area contributed by atoms with Crippen LogP contribution in [0.4, 0.5) is 0 Å². The maximum absolute atomic E-state index is 12.3. The Balaban J connectivity index is 1.47. The minimum Gasteiger partial charge on any atom is -0.465 e. The molecule has 1 aliphatic rings. The van der Waals surface area contributed by atoms with Crippen molar-refractivity contribution >= 4 is 5.97 Å². The van der Waals surface area contributed by atoms with Gasteiger partial charge in [0.1, 0.15) is 11.5 Å². The van der Waals surface area contributed by atoms with Gasteiger partial charge in [0, 0.05) is 5.92 Å². The minimum absolute atomic E-state index is 0.0414. The summed E-state index contributed by atoms with van der Waals surface area (Å²) >= 11 is 0. The van der Waals surface area contributed by atoms with Gasteiger partial charge in [0.2, 0.25) is 0 Å². The van der Waals surface area contributed by atoms with E-state index >= 15 is 0 Å². The number of benzene rings is 2. The zero-order chi connectivity index (χ0) is 18.5. The average molecular weight is 354 g/mol. The lowest BCUT2D eigenvalue weighted by atomic mass is 9.81. The van der Waals surface area contributed by atoms with Crippen molar-refractivity contribution in [2.45, 2.75) is 45.8 Å². The van der Waals surface area contributed by atoms with Gasteiger partial charge in [0.15, 0.2) is 6.29 Å². The average Bonchev–Trinajstić information content (AvgIpc) is 2.65. The van der Waals surface area contributed by atoms with Gasteiger partial charge in [-0.3, -0.25) is 4.79 Å². The van der Waals surface area contributed by atoms with E-state index in [1.165, 1.54) is 0 Å². The SMILES string of the molecule is Cc1ccc(OC(=O)C2CCC(C(O)Oc3ccc(C)cc3)CC2)cc1. The molecule has 3 rings (SSSR count). The topological polar surface area (TPSA) is 55.8 Å². The van der Waals surface area contributed by atoms with E-state index in [1.807, 2.05) is 62.4 Å². The fraction of sp³-hybridized carbons (Fsp3) is 0.409. The Morgan fingerprint density at radius 2 is 1.38 bits per heavy atom. The first-order valence-corrected chi connectivity index (χ1v) is 9.21. The Morgan fingerprint density at radius 3 is 1.92 bits per heavy atom. The lowest BCUT2D eigenvalue weighted by Crippen LogP contribution is -2.33. The number of aryl methyl sites for hydroxylation is 2. The molecule has 26 heavy (non-hydrogen) atoms. The fourth-order valence-corrected chi connectivity index (χ4v) is 3.30. The number of carbonyl (C=O) groups excluding carboxylic acids is 1. The standard InChI is InChI=1S/C22H26O4/c1-15-3-11-19(12-4-15)25-21(23)17-7-9-18(10-8-17)22(24)26-20-13-5-16(2)6-14-20/h3-6,11-14,17-18,21,23H,7-10H2,1-2H3. The molecule has 2 aromatic carbocycles. The molecular weight excluding hydrogens is 328 g/mol. The fourth-order valence-electron chi connectivity index (χ4n) is 3.30. The minimum atomic E-state index is -0.841. The van der Waals surface area contributed by atoms with E-state index in [0.717, 1.165) is 24.0 Å². The number of rotatable bonds is 5. The molecule has 0 heterocycles. The number of aliphatic hydroxyl groups is 1. The van der Waals surface area contributed by atoms with Crippen molar-refractivity contribution in [1.29, 1.82) is 0 Å². The van der Waals surface area contributed by atoms with Crippen LogP contribution in [0, 0.1) is 25.7 Å². The molecule has 0 radical (unpaired) electrons. The van der Waals surface area contributed by atoms with E-state index < -0.39 is 6.29 Å². The molecule has 4 heteroatoms. The second-order valence-electron chi connectivity index (χ2n) is 7.17. The maximum Gasteiger partial charge on any atom is 0.314 e. The second-order valence-corrected chi connectivity index (χ2v) is 7.17. The maximum atomic E-state index is 12.3. The molecule has 0 spiro atoms. The molecule has 1 fully saturated rings. The molecule has 0 bridgehead atoms. The molecule has 0 amide bonds. The number of esters is 1. The van der Waals surface area contributed by atoms with Crippen molar-refractivity contribution < 1.29 is 19.4 Å². The first-order valence-electron chi connectivity index (χ1n) is 9.21. The van der Waals surface area contributed by atoms with E-state index in [9.17, 15) is 9.90 Å². The van der Waals surface area contributed by atoms with Crippen LogP contribution in [-0.4, -0.2) is 17.4 Å². The van der Waals surface area contributed by atoms with Crippen LogP contribution in [0.1, 0.15) is 36.8 Å². The Kier molecular flexibility index (Phi) is 5.94. The zero-order valence-electron chi connectivity index (χ0n) is 15.4. The number of hydrogen-bond acceptors (Lipinski definition) is 4. The van der Waals surface area contributed by atoms with Crippen molar-refractivity contribution in [3.8, 4) is 11.5 Å². The van der Waals surface area contributed by atoms with Gasteiger partial charge in [0.05, 0.1) is 5.92 Å². The first kappa shape index (κ1) is 18.5. The summed E-state index contributed by atoms with van der Waals surface area (Å²) in [5.74, 6) is 1.01. The number of carbonyl (C=O) groups is 1. The Bertz CT molecular complexity index is 713. The van der Waals surface area contributed by atoms with E-state index in [-0.39, 0.29) is 17.8 Å². The van der Waals surface area contributed by atoms with Gasteiger partial charge < -0.3 is 14.6 Å². The molecule has 1 saturated carbocycles. The highest BCUT2D eigenvalue weighted by molar-refractivity contribution is 5.75. The summed E-state index contributed by atoms with van der Waals surface area (Å²) in [6.45, 7) is 4.01. The Labute approximate surface area is 154 Å². The molecule has 1 atom stereocenters. The summed E-state index contributed by atoms with van der Waals surface area (Å²) in [7, 11) is 0. The Hall–Kier alpha value is -2.33. The van der Waals surface area contributed by atoms with Crippen LogP contribution in [0.15, 0.2) is 48.5 Å². The largest absolute Gasteiger partial charge is 0.465 e. The number of hydrogen-bond donors (Lipinski definition) is 1. The molecule has 2 aromatic rings. The number of ether oxygens (including phenoxy) is 2. The molecule has 1 aliphatic carbocycles. The zero-order valence-corrected chi connectivity index (χ0v) is 15.4. The summed E-state index contributed by atoms with van der Waals surface area (Å²) in [4.78, 5) is 12.3. The summed E-state index contributed by atoms with van der Waals surface area (Å²) in [5.41, 5.74) is 2.28. The predicted molar refractivity (Wildman–Crippen MR) is 100 cm³/mol. The molecule has 0 aromatic heterocycles. The van der Waals surface area contributed by atoms with Crippen LogP contribution in [-0.2, 0) is 4.79 Å². The quantitative estimate of drug-likeness (QED) is 0.491. The van der Waals surface area contributed by atoms with Crippen LogP contribution in [0.2, 0.25) is 0 Å². The van der Waals surface area contributed by atoms with Crippen LogP contribution < -0.4 is 9.47 Å². The molecular formula is C22H26O4. The van der Waals surface area contributed by atoms with Gasteiger partial charge in [-0.15, -0.1) is 0 Å². The first-order chi connectivity index (χ1) is 12.5. The second kappa shape index (κ2) is 8.37. The normalized spacial score (nSPS) is 21.0. The third-order valence-corrected chi connectivity index (χ3v) is 5.03. The van der Waals surface area contributed by atoms with Crippen LogP contribution in [0.3, 0.4) is 0 Å². The van der Waals surface area contributed by atoms with E-state index in [1.54, 1.807) is 0 Å². The Morgan fingerprint density at radius 1 is 0.885 bits per heavy atom. The van der Waals surface area contributed by atoms with Gasteiger partial charge in [-0.2, -0.15) is 0 Å². The molecule has 4 nitrogen and oxygen atoms in total. The molecule has 138 valence electrons. The lowest BCUT2D eigenvalue weighted by molar-refractivity contribution is -0.142. The number of aliphatic hydroxyl groups excluding tert-OH is 1. The van der Waals surface area contributed by atoms with Gasteiger partial charge in [0.25, 0.3) is 0 Å². The summed E-state index contributed by atoms with van der Waals surface area (Å²) in [6, 6.07) is 15.1. The van der Waals surface area contributed by atoms with Crippen molar-refractivity contribution in [2.24, 2.45) is 11.8 Å². The monoisotopic (exact) mass is 354 g/mol. The molecule has 0 saturated heterocycles. The van der Waals surface area contributed by atoms with Gasteiger partial charge in [-0.1, -0.05) is 35.4 Å². The third kappa shape index (κ3) is 4.85. The summed E-state index contributed by atoms with van der Waals surface area (Å²) < 4.78 is 11.1. The van der Waals surface area contributed by atoms with Crippen LogP contribution in [0.25, 0.3) is 0 Å². The summed E-state index contributed by atoms with van der Waals surface area (Å²) in [5, 5.41) is 10.3. The van der Waals surface area contributed by atoms with Crippen molar-refractivity contribution in [3.05, 3.63) is 59.7 Å². The highest BCUT2D eigenvalue weighted by Gasteiger charge is 2.32. The third-order valence-electron chi connectivity index (χ3n) is 5.03. The molecule has 1 N–H and O–H groups in total. The lowest BCUT2D eigenvalue weighted by Gasteiger charge is -2.30.